The quantitative estimate of drug-likeness (QED) is 0.495. The Morgan fingerprint density at radius 2 is 1.63 bits per heavy atom. The van der Waals surface area contributed by atoms with Crippen molar-refractivity contribution in [3.63, 3.8) is 0 Å². The van der Waals surface area contributed by atoms with Crippen LogP contribution in [0.4, 0.5) is 0 Å². The first kappa shape index (κ1) is 14.8. The van der Waals surface area contributed by atoms with Crippen molar-refractivity contribution in [3.05, 3.63) is 35.9 Å². The fourth-order valence-electron chi connectivity index (χ4n) is 1.32. The van der Waals surface area contributed by atoms with Gasteiger partial charge in [-0.2, -0.15) is 0 Å². The number of carbonyl (C=O) groups excluding carboxylic acids is 1. The van der Waals surface area contributed by atoms with Gasteiger partial charge in [0, 0.05) is 11.6 Å². The first-order valence-corrected chi connectivity index (χ1v) is 5.66. The van der Waals surface area contributed by atoms with E-state index in [0.29, 0.717) is 17.4 Å². The van der Waals surface area contributed by atoms with Gasteiger partial charge in [-0.3, -0.25) is 4.79 Å². The summed E-state index contributed by atoms with van der Waals surface area (Å²) in [6.07, 6.45) is 0.669. The van der Waals surface area contributed by atoms with Gasteiger partial charge < -0.3 is 14.9 Å². The summed E-state index contributed by atoms with van der Waals surface area (Å²) >= 11 is 0. The second kappa shape index (κ2) is 5.56. The number of ketones is 1. The molecule has 0 aliphatic heterocycles. The van der Waals surface area contributed by atoms with Gasteiger partial charge in [-0.25, -0.2) is 4.79 Å². The summed E-state index contributed by atoms with van der Waals surface area (Å²) in [5, 5.41) is 18.0. The Kier molecular flexibility index (Phi) is 4.32. The minimum Gasteiger partial charge on any atom is -0.507 e. The van der Waals surface area contributed by atoms with Crippen LogP contribution in [0.1, 0.15) is 26.3 Å². The molecule has 5 heteroatoms. The van der Waals surface area contributed by atoms with Gasteiger partial charge in [-0.15, -0.1) is 0 Å². The van der Waals surface area contributed by atoms with Gasteiger partial charge in [-0.05, 0) is 45.0 Å². The topological polar surface area (TPSA) is 83.8 Å². The third-order valence-electron chi connectivity index (χ3n) is 2.05. The fourth-order valence-corrected chi connectivity index (χ4v) is 1.32. The molecule has 1 aromatic rings. The van der Waals surface area contributed by atoms with Crippen LogP contribution >= 0.6 is 0 Å². The van der Waals surface area contributed by atoms with Crippen molar-refractivity contribution in [2.45, 2.75) is 26.4 Å². The summed E-state index contributed by atoms with van der Waals surface area (Å²) in [6, 6.07) is 6.36. The molecule has 1 aromatic carbocycles. The Balaban J connectivity index is 2.87. The number of carbonyl (C=O) groups is 2. The molecule has 0 amide bonds. The predicted octanol–water partition coefficient (Wildman–Crippen LogP) is 2.42. The number of ether oxygens (including phenoxy) is 1. The maximum atomic E-state index is 10.9. The van der Waals surface area contributed by atoms with Gasteiger partial charge in [0.2, 0.25) is 0 Å². The Bertz CT molecular complexity index is 506. The standard InChI is InChI=1S/C14H16O5/c1-14(2,3)19-10-6-4-9(5-7-10)11(15)8-12(16)13(17)18/h4-8,15H,1-3H3,(H,17,18)/b11-8-. The van der Waals surface area contributed by atoms with E-state index < -0.39 is 17.5 Å². The lowest BCUT2D eigenvalue weighted by Gasteiger charge is -2.21. The number of hydrogen-bond acceptors (Lipinski definition) is 4. The molecule has 0 aromatic heterocycles. The highest BCUT2D eigenvalue weighted by atomic mass is 16.5. The molecule has 0 saturated carbocycles. The molecule has 2 N–H and O–H groups in total. The second-order valence-electron chi connectivity index (χ2n) is 4.94. The minimum atomic E-state index is -1.61. The molecule has 19 heavy (non-hydrogen) atoms. The zero-order valence-electron chi connectivity index (χ0n) is 11.0. The van der Waals surface area contributed by atoms with Gasteiger partial charge in [0.15, 0.2) is 0 Å². The first-order chi connectivity index (χ1) is 8.69. The molecule has 0 unspecified atom stereocenters. The average molecular weight is 264 g/mol. The van der Waals surface area contributed by atoms with Crippen LogP contribution in [0.3, 0.4) is 0 Å². The van der Waals surface area contributed by atoms with Crippen LogP contribution in [-0.2, 0) is 9.59 Å². The van der Waals surface area contributed by atoms with Gasteiger partial charge in [0.25, 0.3) is 5.78 Å². The summed E-state index contributed by atoms with van der Waals surface area (Å²) in [5.74, 6) is -2.56. The largest absolute Gasteiger partial charge is 0.507 e. The number of aliphatic hydroxyl groups is 1. The first-order valence-electron chi connectivity index (χ1n) is 5.66. The summed E-state index contributed by atoms with van der Waals surface area (Å²) in [5.41, 5.74) is 0.00874. The Labute approximate surface area is 111 Å². The second-order valence-corrected chi connectivity index (χ2v) is 4.94. The average Bonchev–Trinajstić information content (AvgIpc) is 2.27. The van der Waals surface area contributed by atoms with Crippen LogP contribution in [0.15, 0.2) is 30.3 Å². The van der Waals surface area contributed by atoms with Crippen LogP contribution < -0.4 is 4.74 Å². The molecular weight excluding hydrogens is 248 g/mol. The summed E-state index contributed by atoms with van der Waals surface area (Å²) in [6.45, 7) is 5.72. The van der Waals surface area contributed by atoms with Crippen LogP contribution in [0.2, 0.25) is 0 Å². The lowest BCUT2D eigenvalue weighted by molar-refractivity contribution is -0.146. The van der Waals surface area contributed by atoms with Gasteiger partial charge in [0.05, 0.1) is 0 Å². The molecule has 0 spiro atoms. The number of aliphatic hydroxyl groups excluding tert-OH is 1. The van der Waals surface area contributed by atoms with E-state index in [0.717, 1.165) is 0 Å². The molecule has 1 rings (SSSR count). The van der Waals surface area contributed by atoms with E-state index in [1.54, 1.807) is 24.3 Å². The zero-order valence-corrected chi connectivity index (χ0v) is 11.0. The van der Waals surface area contributed by atoms with E-state index in [1.165, 1.54) is 0 Å². The summed E-state index contributed by atoms with van der Waals surface area (Å²) in [7, 11) is 0. The summed E-state index contributed by atoms with van der Waals surface area (Å²) in [4.78, 5) is 21.3. The number of carboxylic acids is 1. The van der Waals surface area contributed by atoms with E-state index in [2.05, 4.69) is 0 Å². The van der Waals surface area contributed by atoms with Crippen molar-refractivity contribution in [3.8, 4) is 5.75 Å². The van der Waals surface area contributed by atoms with E-state index in [1.807, 2.05) is 20.8 Å². The van der Waals surface area contributed by atoms with Crippen molar-refractivity contribution in [1.29, 1.82) is 0 Å². The molecule has 0 saturated heterocycles. The highest BCUT2D eigenvalue weighted by Crippen LogP contribution is 2.21. The normalized spacial score (nSPS) is 12.1. The number of aliphatic carboxylic acids is 1. The highest BCUT2D eigenvalue weighted by Gasteiger charge is 2.13. The fraction of sp³-hybridized carbons (Fsp3) is 0.286. The Hall–Kier alpha value is -2.30. The van der Waals surface area contributed by atoms with Crippen molar-refractivity contribution in [1.82, 2.24) is 0 Å². The molecule has 0 heterocycles. The summed E-state index contributed by atoms with van der Waals surface area (Å²) < 4.78 is 5.59. The van der Waals surface area contributed by atoms with E-state index in [4.69, 9.17) is 9.84 Å². The third kappa shape index (κ3) is 4.83. The maximum Gasteiger partial charge on any atom is 0.376 e. The zero-order chi connectivity index (χ0) is 14.6. The van der Waals surface area contributed by atoms with Crippen molar-refractivity contribution in [2.75, 3.05) is 0 Å². The number of hydrogen-bond donors (Lipinski definition) is 2. The minimum absolute atomic E-state index is 0.335. The Morgan fingerprint density at radius 3 is 2.05 bits per heavy atom. The molecule has 0 atom stereocenters. The van der Waals surface area contributed by atoms with Crippen LogP contribution in [0.25, 0.3) is 5.76 Å². The SMILES string of the molecule is CC(C)(C)Oc1ccc(/C(O)=C/C(=O)C(=O)O)cc1. The molecule has 0 bridgehead atoms. The van der Waals surface area contributed by atoms with E-state index in [9.17, 15) is 14.7 Å². The van der Waals surface area contributed by atoms with Crippen molar-refractivity contribution >= 4 is 17.5 Å². The molecular formula is C14H16O5. The van der Waals surface area contributed by atoms with Crippen LogP contribution in [0.5, 0.6) is 5.75 Å². The van der Waals surface area contributed by atoms with Gasteiger partial charge >= 0.3 is 5.97 Å². The number of carboxylic acid groups (broad SMARTS) is 1. The van der Waals surface area contributed by atoms with Crippen molar-refractivity contribution in [2.24, 2.45) is 0 Å². The number of rotatable bonds is 4. The maximum absolute atomic E-state index is 10.9. The molecule has 0 aliphatic rings. The molecule has 102 valence electrons. The lowest BCUT2D eigenvalue weighted by atomic mass is 10.1. The van der Waals surface area contributed by atoms with E-state index in [-0.39, 0.29) is 5.60 Å². The third-order valence-corrected chi connectivity index (χ3v) is 2.05. The van der Waals surface area contributed by atoms with Crippen LogP contribution in [0, 0.1) is 0 Å². The molecule has 0 radical (unpaired) electrons. The van der Waals surface area contributed by atoms with Gasteiger partial charge in [0.1, 0.15) is 17.1 Å². The highest BCUT2D eigenvalue weighted by molar-refractivity contribution is 6.38. The lowest BCUT2D eigenvalue weighted by Crippen LogP contribution is -2.22. The monoisotopic (exact) mass is 264 g/mol. The molecule has 0 aliphatic carbocycles. The Morgan fingerprint density at radius 1 is 1.11 bits per heavy atom. The number of benzene rings is 1. The van der Waals surface area contributed by atoms with Gasteiger partial charge in [-0.1, -0.05) is 0 Å². The van der Waals surface area contributed by atoms with Crippen molar-refractivity contribution < 1.29 is 24.5 Å². The molecule has 0 fully saturated rings. The van der Waals surface area contributed by atoms with Crippen LogP contribution in [-0.4, -0.2) is 27.6 Å². The van der Waals surface area contributed by atoms with E-state index >= 15 is 0 Å². The smallest absolute Gasteiger partial charge is 0.376 e. The molecule has 5 nitrogen and oxygen atoms in total. The predicted molar refractivity (Wildman–Crippen MR) is 70.1 cm³/mol.